The predicted octanol–water partition coefficient (Wildman–Crippen LogP) is 5.30. The smallest absolute Gasteiger partial charge is 0.168 e. The zero-order valence-electron chi connectivity index (χ0n) is 10.7. The quantitative estimate of drug-likeness (QED) is 0.741. The van der Waals surface area contributed by atoms with Gasteiger partial charge in [-0.2, -0.15) is 0 Å². The van der Waals surface area contributed by atoms with Crippen molar-refractivity contribution in [3.63, 3.8) is 0 Å². The molecule has 2 aromatic carbocycles. The Balaban J connectivity index is 1.99. The van der Waals surface area contributed by atoms with Crippen molar-refractivity contribution < 1.29 is 4.79 Å². The summed E-state index contributed by atoms with van der Waals surface area (Å²) < 4.78 is 0.829. The lowest BCUT2D eigenvalue weighted by Gasteiger charge is -2.10. The van der Waals surface area contributed by atoms with Gasteiger partial charge in [-0.25, -0.2) is 0 Å². The average molecular weight is 351 g/mol. The molecule has 0 atom stereocenters. The Hall–Kier alpha value is -1.58. The van der Waals surface area contributed by atoms with Crippen LogP contribution in [-0.2, 0) is 0 Å². The number of rotatable bonds is 5. The second-order valence-electron chi connectivity index (χ2n) is 4.32. The summed E-state index contributed by atoms with van der Waals surface area (Å²) in [7, 11) is 0. The van der Waals surface area contributed by atoms with Crippen molar-refractivity contribution in [1.29, 1.82) is 0 Å². The molecule has 0 radical (unpaired) electrons. The molecule has 102 valence electrons. The Bertz CT molecular complexity index is 640. The number of hydrogen-bond acceptors (Lipinski definition) is 2. The molecule has 20 heavy (non-hydrogen) atoms. The van der Waals surface area contributed by atoms with Crippen LogP contribution in [0.15, 0.2) is 65.3 Å². The van der Waals surface area contributed by atoms with E-state index < -0.39 is 0 Å². The molecule has 0 bridgehead atoms. The third-order valence-electron chi connectivity index (χ3n) is 2.71. The summed E-state index contributed by atoms with van der Waals surface area (Å²) >= 11 is 9.35. The molecule has 0 amide bonds. The summed E-state index contributed by atoms with van der Waals surface area (Å²) in [5.74, 6) is 0.0336. The number of nitrogens with one attached hydrogen (secondary N) is 1. The minimum absolute atomic E-state index is 0.0336. The lowest BCUT2D eigenvalue weighted by molar-refractivity contribution is 0.0993. The molecule has 0 saturated carbocycles. The number of carbonyl (C=O) groups excluding carboxylic acids is 1. The Morgan fingerprint density at radius 3 is 2.55 bits per heavy atom. The summed E-state index contributed by atoms with van der Waals surface area (Å²) in [6.07, 6.45) is 0.248. The third-order valence-corrected chi connectivity index (χ3v) is 3.94. The molecular weight excluding hydrogens is 338 g/mol. The van der Waals surface area contributed by atoms with Gasteiger partial charge in [0.1, 0.15) is 0 Å². The molecule has 0 aliphatic rings. The highest BCUT2D eigenvalue weighted by Crippen LogP contribution is 2.26. The van der Waals surface area contributed by atoms with Crippen LogP contribution in [0.2, 0.25) is 5.02 Å². The molecule has 2 nitrogen and oxygen atoms in total. The van der Waals surface area contributed by atoms with Crippen LogP contribution in [0.3, 0.4) is 0 Å². The van der Waals surface area contributed by atoms with Gasteiger partial charge in [-0.05, 0) is 34.1 Å². The zero-order valence-corrected chi connectivity index (χ0v) is 13.0. The minimum atomic E-state index is 0.0336. The summed E-state index contributed by atoms with van der Waals surface area (Å²) in [4.78, 5) is 12.0. The molecule has 1 N–H and O–H groups in total. The van der Waals surface area contributed by atoms with Gasteiger partial charge in [-0.15, -0.1) is 0 Å². The van der Waals surface area contributed by atoms with Gasteiger partial charge >= 0.3 is 0 Å². The van der Waals surface area contributed by atoms with Gasteiger partial charge in [-0.3, -0.25) is 4.79 Å². The molecule has 0 unspecified atom stereocenters. The standard InChI is InChI=1S/C16H13BrClNO/c1-11(9-16(20)12-5-3-2-4-6-12)19-13-7-8-14(17)15(18)10-13/h2-8,10,19H,1,9H2. The van der Waals surface area contributed by atoms with Crippen molar-refractivity contribution in [1.82, 2.24) is 0 Å². The lowest BCUT2D eigenvalue weighted by atomic mass is 10.1. The lowest BCUT2D eigenvalue weighted by Crippen LogP contribution is -2.06. The number of ketones is 1. The van der Waals surface area contributed by atoms with E-state index in [0.29, 0.717) is 16.3 Å². The second-order valence-corrected chi connectivity index (χ2v) is 5.58. The van der Waals surface area contributed by atoms with Crippen molar-refractivity contribution in [2.75, 3.05) is 5.32 Å². The molecule has 0 aromatic heterocycles. The first-order chi connectivity index (χ1) is 9.56. The largest absolute Gasteiger partial charge is 0.359 e. The number of carbonyl (C=O) groups is 1. The number of benzene rings is 2. The van der Waals surface area contributed by atoms with Crippen molar-refractivity contribution in [3.8, 4) is 0 Å². The average Bonchev–Trinajstić information content (AvgIpc) is 2.44. The fourth-order valence-electron chi connectivity index (χ4n) is 1.74. The topological polar surface area (TPSA) is 29.1 Å². The number of Topliss-reactive ketones (excluding diaryl/α,β-unsaturated/α-hetero) is 1. The molecule has 0 aliphatic carbocycles. The molecule has 0 spiro atoms. The maximum absolute atomic E-state index is 12.0. The van der Waals surface area contributed by atoms with E-state index in [9.17, 15) is 4.79 Å². The maximum atomic E-state index is 12.0. The SMILES string of the molecule is C=C(CC(=O)c1ccccc1)Nc1ccc(Br)c(Cl)c1. The highest BCUT2D eigenvalue weighted by Gasteiger charge is 2.08. The van der Waals surface area contributed by atoms with Crippen LogP contribution >= 0.6 is 27.5 Å². The van der Waals surface area contributed by atoms with E-state index in [1.807, 2.05) is 30.3 Å². The molecule has 0 fully saturated rings. The monoisotopic (exact) mass is 349 g/mol. The fraction of sp³-hybridized carbons (Fsp3) is 0.0625. The number of allylic oxidation sites excluding steroid dienone is 1. The van der Waals surface area contributed by atoms with Crippen LogP contribution in [0.4, 0.5) is 5.69 Å². The van der Waals surface area contributed by atoms with Gasteiger partial charge in [0, 0.05) is 21.4 Å². The van der Waals surface area contributed by atoms with Gasteiger partial charge in [0.15, 0.2) is 5.78 Å². The van der Waals surface area contributed by atoms with E-state index in [-0.39, 0.29) is 12.2 Å². The van der Waals surface area contributed by atoms with Crippen molar-refractivity contribution in [3.05, 3.63) is 75.9 Å². The third kappa shape index (κ3) is 3.95. The molecule has 2 rings (SSSR count). The van der Waals surface area contributed by atoms with E-state index in [1.54, 1.807) is 18.2 Å². The Morgan fingerprint density at radius 1 is 1.20 bits per heavy atom. The van der Waals surface area contributed by atoms with Gasteiger partial charge in [0.25, 0.3) is 0 Å². The van der Waals surface area contributed by atoms with E-state index in [2.05, 4.69) is 27.8 Å². The van der Waals surface area contributed by atoms with E-state index in [0.717, 1.165) is 10.2 Å². The fourth-order valence-corrected chi connectivity index (χ4v) is 2.17. The van der Waals surface area contributed by atoms with Crippen LogP contribution in [0.1, 0.15) is 16.8 Å². The van der Waals surface area contributed by atoms with Gasteiger partial charge in [0.05, 0.1) is 11.4 Å². The van der Waals surface area contributed by atoms with Gasteiger partial charge in [-0.1, -0.05) is 48.5 Å². The Labute approximate surface area is 131 Å². The van der Waals surface area contributed by atoms with Crippen LogP contribution in [-0.4, -0.2) is 5.78 Å². The molecule has 0 aliphatic heterocycles. The normalized spacial score (nSPS) is 10.1. The summed E-state index contributed by atoms with van der Waals surface area (Å²) in [5, 5.41) is 3.70. The molecule has 4 heteroatoms. The number of halogens is 2. The maximum Gasteiger partial charge on any atom is 0.168 e. The second kappa shape index (κ2) is 6.73. The molecule has 2 aromatic rings. The van der Waals surface area contributed by atoms with Gasteiger partial charge in [0.2, 0.25) is 0 Å². The number of hydrogen-bond donors (Lipinski definition) is 1. The molecular formula is C16H13BrClNO. The highest BCUT2D eigenvalue weighted by molar-refractivity contribution is 9.10. The Kier molecular flexibility index (Phi) is 4.99. The predicted molar refractivity (Wildman–Crippen MR) is 87.3 cm³/mol. The van der Waals surface area contributed by atoms with Crippen LogP contribution in [0, 0.1) is 0 Å². The van der Waals surface area contributed by atoms with E-state index in [4.69, 9.17) is 11.6 Å². The number of anilines is 1. The summed E-state index contributed by atoms with van der Waals surface area (Å²) in [6, 6.07) is 14.7. The minimum Gasteiger partial charge on any atom is -0.359 e. The first kappa shape index (κ1) is 14.8. The van der Waals surface area contributed by atoms with Crippen molar-refractivity contribution in [2.24, 2.45) is 0 Å². The molecule has 0 heterocycles. The van der Waals surface area contributed by atoms with Crippen LogP contribution in [0.5, 0.6) is 0 Å². The van der Waals surface area contributed by atoms with E-state index >= 15 is 0 Å². The van der Waals surface area contributed by atoms with Crippen molar-refractivity contribution in [2.45, 2.75) is 6.42 Å². The Morgan fingerprint density at radius 2 is 1.90 bits per heavy atom. The van der Waals surface area contributed by atoms with Crippen molar-refractivity contribution >= 4 is 39.0 Å². The van der Waals surface area contributed by atoms with Gasteiger partial charge < -0.3 is 5.32 Å². The van der Waals surface area contributed by atoms with E-state index in [1.165, 1.54) is 0 Å². The molecule has 0 saturated heterocycles. The first-order valence-corrected chi connectivity index (χ1v) is 7.21. The summed E-state index contributed by atoms with van der Waals surface area (Å²) in [5.41, 5.74) is 2.13. The summed E-state index contributed by atoms with van der Waals surface area (Å²) in [6.45, 7) is 3.88. The first-order valence-electron chi connectivity index (χ1n) is 6.04. The van der Waals surface area contributed by atoms with Crippen LogP contribution < -0.4 is 5.32 Å². The highest BCUT2D eigenvalue weighted by atomic mass is 79.9. The van der Waals surface area contributed by atoms with Crippen LogP contribution in [0.25, 0.3) is 0 Å². The zero-order chi connectivity index (χ0) is 14.5.